The van der Waals surface area contributed by atoms with Crippen LogP contribution >= 0.6 is 0 Å². The highest BCUT2D eigenvalue weighted by molar-refractivity contribution is 5.96. The average molecular weight is 390 g/mol. The van der Waals surface area contributed by atoms with Gasteiger partial charge in [0.05, 0.1) is 17.7 Å². The van der Waals surface area contributed by atoms with Gasteiger partial charge in [-0.25, -0.2) is 4.39 Å². The lowest BCUT2D eigenvalue weighted by molar-refractivity contribution is -0.137. The van der Waals surface area contributed by atoms with E-state index in [0.717, 1.165) is 45.2 Å². The van der Waals surface area contributed by atoms with E-state index in [1.165, 1.54) is 6.07 Å². The Morgan fingerprint density at radius 3 is 2.68 bits per heavy atom. The van der Waals surface area contributed by atoms with Gasteiger partial charge in [-0.2, -0.15) is 0 Å². The summed E-state index contributed by atoms with van der Waals surface area (Å²) in [5, 5.41) is 2.98. The summed E-state index contributed by atoms with van der Waals surface area (Å²) in [5.41, 5.74) is 0.675. The van der Waals surface area contributed by atoms with E-state index in [9.17, 15) is 14.0 Å². The van der Waals surface area contributed by atoms with Gasteiger partial charge in [0.25, 0.3) is 5.91 Å². The van der Waals surface area contributed by atoms with Crippen LogP contribution in [0.4, 0.5) is 4.39 Å². The van der Waals surface area contributed by atoms with Gasteiger partial charge in [-0.15, -0.1) is 0 Å². The fraction of sp³-hybridized carbons (Fsp3) is 0.636. The third-order valence-corrected chi connectivity index (χ3v) is 5.86. The predicted molar refractivity (Wildman–Crippen MR) is 106 cm³/mol. The summed E-state index contributed by atoms with van der Waals surface area (Å²) < 4.78 is 20.2. The third kappa shape index (κ3) is 4.72. The number of amides is 2. The fourth-order valence-corrected chi connectivity index (χ4v) is 4.34. The molecule has 1 aromatic carbocycles. The molecule has 2 fully saturated rings. The molecule has 1 aliphatic carbocycles. The summed E-state index contributed by atoms with van der Waals surface area (Å²) in [6.07, 6.45) is 4.92. The summed E-state index contributed by atoms with van der Waals surface area (Å²) in [6.45, 7) is 6.04. The Labute approximate surface area is 166 Å². The lowest BCUT2D eigenvalue weighted by Gasteiger charge is -2.37. The summed E-state index contributed by atoms with van der Waals surface area (Å²) in [7, 11) is 0. The standard InChI is InChI=1S/C22H31FN2O3/c1-3-13-28-19-10-9-16(22(27)25-11-4-5-12-25)14-18(19)24-21(26)20-15(2)7-6-8-17(20)23/h6-8,16,18-19H,3-5,9-14H2,1-2H3,(H,24,26)/t16-,18+,19+/m0/s1. The van der Waals surface area contributed by atoms with Gasteiger partial charge in [0.15, 0.2) is 0 Å². The highest BCUT2D eigenvalue weighted by Crippen LogP contribution is 2.30. The Bertz CT molecular complexity index is 683. The lowest BCUT2D eigenvalue weighted by Crippen LogP contribution is -2.51. The van der Waals surface area contributed by atoms with Crippen LogP contribution in [0, 0.1) is 18.7 Å². The largest absolute Gasteiger partial charge is 0.376 e. The van der Waals surface area contributed by atoms with E-state index in [-0.39, 0.29) is 29.5 Å². The van der Waals surface area contributed by atoms with Crippen molar-refractivity contribution in [3.63, 3.8) is 0 Å². The van der Waals surface area contributed by atoms with Crippen LogP contribution in [-0.2, 0) is 9.53 Å². The minimum Gasteiger partial charge on any atom is -0.376 e. The minimum absolute atomic E-state index is 0.0738. The topological polar surface area (TPSA) is 58.6 Å². The molecule has 0 bridgehead atoms. The second kappa shape index (κ2) is 9.50. The zero-order chi connectivity index (χ0) is 20.1. The molecule has 0 spiro atoms. The molecule has 1 saturated heterocycles. The van der Waals surface area contributed by atoms with Crippen molar-refractivity contribution in [2.45, 2.75) is 64.5 Å². The van der Waals surface area contributed by atoms with Crippen LogP contribution in [0.5, 0.6) is 0 Å². The molecule has 5 nitrogen and oxygen atoms in total. The maximum Gasteiger partial charge on any atom is 0.254 e. The van der Waals surface area contributed by atoms with E-state index in [1.807, 2.05) is 11.8 Å². The molecule has 0 aromatic heterocycles. The van der Waals surface area contributed by atoms with Gasteiger partial charge < -0.3 is 15.0 Å². The summed E-state index contributed by atoms with van der Waals surface area (Å²) in [4.78, 5) is 27.6. The first kappa shape index (κ1) is 20.8. The zero-order valence-corrected chi connectivity index (χ0v) is 16.9. The highest BCUT2D eigenvalue weighted by atomic mass is 19.1. The maximum absolute atomic E-state index is 14.2. The van der Waals surface area contributed by atoms with Crippen LogP contribution in [0.1, 0.15) is 61.4 Å². The van der Waals surface area contributed by atoms with Crippen molar-refractivity contribution >= 4 is 11.8 Å². The van der Waals surface area contributed by atoms with E-state index in [2.05, 4.69) is 5.32 Å². The summed E-state index contributed by atoms with van der Waals surface area (Å²) in [5.74, 6) is -0.872. The highest BCUT2D eigenvalue weighted by Gasteiger charge is 2.37. The molecule has 28 heavy (non-hydrogen) atoms. The number of likely N-dealkylation sites (tertiary alicyclic amines) is 1. The molecule has 3 rings (SSSR count). The SMILES string of the molecule is CCCO[C@@H]1CC[C@H](C(=O)N2CCCC2)C[C@H]1NC(=O)c1c(C)cccc1F. The lowest BCUT2D eigenvalue weighted by atomic mass is 9.82. The molecule has 1 N–H and O–H groups in total. The molecule has 1 heterocycles. The molecule has 3 atom stereocenters. The molecule has 154 valence electrons. The molecule has 0 radical (unpaired) electrons. The molecular formula is C22H31FN2O3. The maximum atomic E-state index is 14.2. The second-order valence-corrected chi connectivity index (χ2v) is 7.96. The van der Waals surface area contributed by atoms with Crippen LogP contribution in [-0.4, -0.2) is 48.6 Å². The number of halogens is 1. The fourth-order valence-electron chi connectivity index (χ4n) is 4.34. The van der Waals surface area contributed by atoms with Gasteiger partial charge in [-0.3, -0.25) is 9.59 Å². The first-order valence-corrected chi connectivity index (χ1v) is 10.5. The van der Waals surface area contributed by atoms with Crippen LogP contribution in [0.2, 0.25) is 0 Å². The minimum atomic E-state index is -0.524. The molecule has 1 saturated carbocycles. The first-order valence-electron chi connectivity index (χ1n) is 10.5. The first-order chi connectivity index (χ1) is 13.5. The Hall–Kier alpha value is -1.95. The molecule has 2 amide bonds. The number of aryl methyl sites for hydroxylation is 1. The van der Waals surface area contributed by atoms with Crippen molar-refractivity contribution in [2.24, 2.45) is 5.92 Å². The van der Waals surface area contributed by atoms with Gasteiger partial charge in [0, 0.05) is 25.6 Å². The van der Waals surface area contributed by atoms with Crippen molar-refractivity contribution in [1.82, 2.24) is 10.2 Å². The van der Waals surface area contributed by atoms with E-state index in [0.29, 0.717) is 18.6 Å². The Kier molecular flexibility index (Phi) is 7.05. The summed E-state index contributed by atoms with van der Waals surface area (Å²) in [6, 6.07) is 4.33. The van der Waals surface area contributed by atoms with E-state index >= 15 is 0 Å². The van der Waals surface area contributed by atoms with E-state index in [4.69, 9.17) is 4.74 Å². The number of nitrogens with one attached hydrogen (secondary N) is 1. The average Bonchev–Trinajstić information content (AvgIpc) is 3.21. The summed E-state index contributed by atoms with van der Waals surface area (Å²) >= 11 is 0. The molecular weight excluding hydrogens is 359 g/mol. The van der Waals surface area contributed by atoms with Crippen LogP contribution < -0.4 is 5.32 Å². The Balaban J connectivity index is 1.72. The quantitative estimate of drug-likeness (QED) is 0.809. The van der Waals surface area contributed by atoms with Crippen LogP contribution in [0.25, 0.3) is 0 Å². The number of hydrogen-bond donors (Lipinski definition) is 1. The number of rotatable bonds is 6. The zero-order valence-electron chi connectivity index (χ0n) is 16.9. The normalized spacial score (nSPS) is 25.0. The second-order valence-electron chi connectivity index (χ2n) is 7.96. The number of carbonyl (C=O) groups excluding carboxylic acids is 2. The molecule has 1 aromatic rings. The van der Waals surface area contributed by atoms with Crippen molar-refractivity contribution in [3.05, 3.63) is 35.1 Å². The van der Waals surface area contributed by atoms with Crippen molar-refractivity contribution in [1.29, 1.82) is 0 Å². The smallest absolute Gasteiger partial charge is 0.254 e. The molecule has 1 aliphatic heterocycles. The van der Waals surface area contributed by atoms with Crippen LogP contribution in [0.15, 0.2) is 18.2 Å². The Morgan fingerprint density at radius 1 is 1.25 bits per heavy atom. The van der Waals surface area contributed by atoms with Gasteiger partial charge in [0.2, 0.25) is 5.91 Å². The molecule has 2 aliphatic rings. The van der Waals surface area contributed by atoms with Gasteiger partial charge >= 0.3 is 0 Å². The van der Waals surface area contributed by atoms with Gasteiger partial charge in [0.1, 0.15) is 5.82 Å². The van der Waals surface area contributed by atoms with E-state index in [1.54, 1.807) is 19.1 Å². The Morgan fingerprint density at radius 2 is 2.00 bits per heavy atom. The van der Waals surface area contributed by atoms with Crippen LogP contribution in [0.3, 0.4) is 0 Å². The number of benzene rings is 1. The molecule has 0 unspecified atom stereocenters. The van der Waals surface area contributed by atoms with Gasteiger partial charge in [-0.1, -0.05) is 19.1 Å². The van der Waals surface area contributed by atoms with E-state index < -0.39 is 11.7 Å². The number of nitrogens with zero attached hydrogens (tertiary/aromatic N) is 1. The monoisotopic (exact) mass is 390 g/mol. The third-order valence-electron chi connectivity index (χ3n) is 5.86. The van der Waals surface area contributed by atoms with Gasteiger partial charge in [-0.05, 0) is 57.1 Å². The van der Waals surface area contributed by atoms with Crippen molar-refractivity contribution in [2.75, 3.05) is 19.7 Å². The van der Waals surface area contributed by atoms with Crippen molar-refractivity contribution < 1.29 is 18.7 Å². The number of hydrogen-bond acceptors (Lipinski definition) is 3. The predicted octanol–water partition coefficient (Wildman–Crippen LogP) is 3.45. The molecule has 6 heteroatoms. The number of ether oxygens (including phenoxy) is 1. The number of carbonyl (C=O) groups is 2. The van der Waals surface area contributed by atoms with Crippen molar-refractivity contribution in [3.8, 4) is 0 Å².